The number of nitrogens with one attached hydrogen (secondary N) is 1. The largest absolute Gasteiger partial charge is 0.478 e. The minimum Gasteiger partial charge on any atom is -0.478 e. The Kier molecular flexibility index (Phi) is 4.75. The van der Waals surface area contributed by atoms with Crippen LogP contribution in [0.5, 0.6) is 0 Å². The highest BCUT2D eigenvalue weighted by Gasteiger charge is 2.08. The number of aromatic carboxylic acids is 1. The van der Waals surface area contributed by atoms with Crippen molar-refractivity contribution in [3.63, 3.8) is 0 Å². The van der Waals surface area contributed by atoms with Crippen LogP contribution in [-0.4, -0.2) is 22.6 Å². The minimum absolute atomic E-state index is 0.0416. The Morgan fingerprint density at radius 1 is 1.43 bits per heavy atom. The van der Waals surface area contributed by atoms with Crippen LogP contribution in [0.2, 0.25) is 5.02 Å². The molecule has 2 aromatic rings. The van der Waals surface area contributed by atoms with Crippen LogP contribution in [0.4, 0.5) is 10.2 Å². The summed E-state index contributed by atoms with van der Waals surface area (Å²) in [4.78, 5) is 14.8. The molecule has 0 saturated carbocycles. The fourth-order valence-corrected chi connectivity index (χ4v) is 2.17. The Morgan fingerprint density at radius 3 is 2.81 bits per heavy atom. The molecule has 0 aliphatic rings. The molecule has 6 heteroatoms. The lowest BCUT2D eigenvalue weighted by molar-refractivity contribution is 0.0696. The third kappa shape index (κ3) is 3.92. The van der Waals surface area contributed by atoms with Gasteiger partial charge in [-0.05, 0) is 42.7 Å². The van der Waals surface area contributed by atoms with Gasteiger partial charge in [-0.1, -0.05) is 17.7 Å². The van der Waals surface area contributed by atoms with Crippen LogP contribution in [-0.2, 0) is 6.42 Å². The van der Waals surface area contributed by atoms with Gasteiger partial charge < -0.3 is 10.4 Å². The van der Waals surface area contributed by atoms with Gasteiger partial charge in [0.1, 0.15) is 11.6 Å². The van der Waals surface area contributed by atoms with E-state index in [1.807, 2.05) is 6.92 Å². The molecule has 0 aliphatic carbocycles. The SMILES string of the molecule is Cc1cc(F)ccc1CCNc1ncc(C(=O)O)cc1Cl. The Bertz CT molecular complexity index is 677. The molecule has 2 N–H and O–H groups in total. The van der Waals surface area contributed by atoms with Gasteiger partial charge in [-0.3, -0.25) is 0 Å². The molecule has 21 heavy (non-hydrogen) atoms. The molecule has 0 radical (unpaired) electrons. The molecule has 1 aromatic heterocycles. The summed E-state index contributed by atoms with van der Waals surface area (Å²) in [7, 11) is 0. The molecule has 0 spiro atoms. The standard InChI is InChI=1S/C15H14ClFN2O2/c1-9-6-12(17)3-2-10(9)4-5-18-14-13(16)7-11(8-19-14)15(20)21/h2-3,6-8H,4-5H2,1H3,(H,18,19)(H,20,21). The Hall–Kier alpha value is -2.14. The van der Waals surface area contributed by atoms with Crippen LogP contribution in [0.25, 0.3) is 0 Å². The van der Waals surface area contributed by atoms with Crippen LogP contribution >= 0.6 is 11.6 Å². The van der Waals surface area contributed by atoms with Crippen LogP contribution < -0.4 is 5.32 Å². The highest BCUT2D eigenvalue weighted by atomic mass is 35.5. The van der Waals surface area contributed by atoms with Crippen molar-refractivity contribution in [2.24, 2.45) is 0 Å². The number of nitrogens with zero attached hydrogens (tertiary/aromatic N) is 1. The maximum atomic E-state index is 13.0. The van der Waals surface area contributed by atoms with E-state index in [1.54, 1.807) is 6.07 Å². The van der Waals surface area contributed by atoms with Gasteiger partial charge in [0.2, 0.25) is 0 Å². The lowest BCUT2D eigenvalue weighted by Gasteiger charge is -2.09. The summed E-state index contributed by atoms with van der Waals surface area (Å²) in [6.07, 6.45) is 1.94. The van der Waals surface area contributed by atoms with Gasteiger partial charge in [0.25, 0.3) is 0 Å². The number of carboxylic acids is 1. The van der Waals surface area contributed by atoms with Crippen molar-refractivity contribution in [3.8, 4) is 0 Å². The van der Waals surface area contributed by atoms with E-state index >= 15 is 0 Å². The van der Waals surface area contributed by atoms with E-state index in [9.17, 15) is 9.18 Å². The first-order chi connectivity index (χ1) is 9.97. The number of benzene rings is 1. The topological polar surface area (TPSA) is 62.2 Å². The number of hydrogen-bond donors (Lipinski definition) is 2. The van der Waals surface area contributed by atoms with Crippen molar-refractivity contribution in [2.75, 3.05) is 11.9 Å². The zero-order valence-corrected chi connectivity index (χ0v) is 12.1. The maximum Gasteiger partial charge on any atom is 0.337 e. The van der Waals surface area contributed by atoms with Crippen molar-refractivity contribution >= 4 is 23.4 Å². The van der Waals surface area contributed by atoms with E-state index < -0.39 is 5.97 Å². The van der Waals surface area contributed by atoms with Crippen LogP contribution in [0.15, 0.2) is 30.5 Å². The zero-order chi connectivity index (χ0) is 15.4. The zero-order valence-electron chi connectivity index (χ0n) is 11.4. The average Bonchev–Trinajstić information content (AvgIpc) is 2.42. The number of carboxylic acid groups (broad SMARTS) is 1. The van der Waals surface area contributed by atoms with Crippen LogP contribution in [0.3, 0.4) is 0 Å². The molecule has 0 amide bonds. The molecule has 0 saturated heterocycles. The lowest BCUT2D eigenvalue weighted by atomic mass is 10.1. The molecule has 0 atom stereocenters. The van der Waals surface area contributed by atoms with E-state index in [4.69, 9.17) is 16.7 Å². The molecule has 0 aliphatic heterocycles. The molecule has 2 rings (SSSR count). The van der Waals surface area contributed by atoms with Gasteiger partial charge in [0.05, 0.1) is 10.6 Å². The first kappa shape index (κ1) is 15.3. The third-order valence-corrected chi connectivity index (χ3v) is 3.37. The number of aryl methyl sites for hydroxylation is 1. The summed E-state index contributed by atoms with van der Waals surface area (Å²) < 4.78 is 13.0. The number of hydrogen-bond acceptors (Lipinski definition) is 3. The summed E-state index contributed by atoms with van der Waals surface area (Å²) in [6, 6.07) is 6.01. The minimum atomic E-state index is -1.07. The average molecular weight is 309 g/mol. The van der Waals surface area contributed by atoms with Gasteiger partial charge in [0, 0.05) is 12.7 Å². The summed E-state index contributed by atoms with van der Waals surface area (Å²) in [5.41, 5.74) is 1.96. The second-order valence-electron chi connectivity index (χ2n) is 4.61. The number of aromatic nitrogens is 1. The monoisotopic (exact) mass is 308 g/mol. The first-order valence-electron chi connectivity index (χ1n) is 6.35. The van der Waals surface area contributed by atoms with E-state index in [1.165, 1.54) is 24.4 Å². The quantitative estimate of drug-likeness (QED) is 0.887. The fraction of sp³-hybridized carbons (Fsp3) is 0.200. The Morgan fingerprint density at radius 2 is 2.19 bits per heavy atom. The van der Waals surface area contributed by atoms with Crippen molar-refractivity contribution < 1.29 is 14.3 Å². The first-order valence-corrected chi connectivity index (χ1v) is 6.73. The summed E-state index contributed by atoms with van der Waals surface area (Å²) >= 11 is 5.97. The summed E-state index contributed by atoms with van der Waals surface area (Å²) in [5, 5.41) is 12.1. The normalized spacial score (nSPS) is 10.4. The van der Waals surface area contributed by atoms with E-state index in [0.717, 1.165) is 11.1 Å². The number of rotatable bonds is 5. The van der Waals surface area contributed by atoms with Crippen molar-refractivity contribution in [2.45, 2.75) is 13.3 Å². The number of anilines is 1. The number of carbonyl (C=O) groups is 1. The third-order valence-electron chi connectivity index (χ3n) is 3.08. The second-order valence-corrected chi connectivity index (χ2v) is 5.01. The Balaban J connectivity index is 1.99. The molecule has 0 bridgehead atoms. The fourth-order valence-electron chi connectivity index (χ4n) is 1.94. The number of pyridine rings is 1. The van der Waals surface area contributed by atoms with Gasteiger partial charge in [-0.25, -0.2) is 14.2 Å². The van der Waals surface area contributed by atoms with Gasteiger partial charge in [-0.15, -0.1) is 0 Å². The smallest absolute Gasteiger partial charge is 0.337 e. The molecular weight excluding hydrogens is 295 g/mol. The highest BCUT2D eigenvalue weighted by molar-refractivity contribution is 6.33. The van der Waals surface area contributed by atoms with E-state index in [0.29, 0.717) is 18.8 Å². The van der Waals surface area contributed by atoms with Crippen LogP contribution in [0.1, 0.15) is 21.5 Å². The predicted octanol–water partition coefficient (Wildman–Crippen LogP) is 3.54. The molecule has 0 unspecified atom stereocenters. The van der Waals surface area contributed by atoms with Crippen LogP contribution in [0, 0.1) is 12.7 Å². The van der Waals surface area contributed by atoms with Crippen molar-refractivity contribution in [1.29, 1.82) is 0 Å². The molecular formula is C15H14ClFN2O2. The molecule has 110 valence electrons. The van der Waals surface area contributed by atoms with E-state index in [2.05, 4.69) is 10.3 Å². The maximum absolute atomic E-state index is 13.0. The van der Waals surface area contributed by atoms with Gasteiger partial charge in [-0.2, -0.15) is 0 Å². The highest BCUT2D eigenvalue weighted by Crippen LogP contribution is 2.20. The molecule has 1 heterocycles. The molecule has 1 aromatic carbocycles. The second kappa shape index (κ2) is 6.54. The number of halogens is 2. The summed E-state index contributed by atoms with van der Waals surface area (Å²) in [5.74, 6) is -0.891. The van der Waals surface area contributed by atoms with Gasteiger partial charge in [0.15, 0.2) is 0 Å². The van der Waals surface area contributed by atoms with E-state index in [-0.39, 0.29) is 16.4 Å². The molecule has 4 nitrogen and oxygen atoms in total. The summed E-state index contributed by atoms with van der Waals surface area (Å²) in [6.45, 7) is 2.41. The lowest BCUT2D eigenvalue weighted by Crippen LogP contribution is -2.08. The predicted molar refractivity (Wildman–Crippen MR) is 79.5 cm³/mol. The van der Waals surface area contributed by atoms with Crippen molar-refractivity contribution in [3.05, 3.63) is 58.0 Å². The Labute approximate surface area is 126 Å². The molecule has 0 fully saturated rings. The van der Waals surface area contributed by atoms with Gasteiger partial charge >= 0.3 is 5.97 Å². The van der Waals surface area contributed by atoms with Crippen molar-refractivity contribution in [1.82, 2.24) is 4.98 Å².